The van der Waals surface area contributed by atoms with Crippen LogP contribution in [0.4, 0.5) is 0 Å². The lowest BCUT2D eigenvalue weighted by Gasteiger charge is -2.30. The van der Waals surface area contributed by atoms with E-state index in [-0.39, 0.29) is 12.0 Å². The molecule has 0 bridgehead atoms. The molecule has 0 unspecified atom stereocenters. The molecular weight excluding hydrogens is 450 g/mol. The minimum absolute atomic E-state index is 0.108. The maximum atomic E-state index is 13.9. The molecule has 0 radical (unpaired) electrons. The topological polar surface area (TPSA) is 74.4 Å². The van der Waals surface area contributed by atoms with Gasteiger partial charge in [-0.15, -0.1) is 0 Å². The van der Waals surface area contributed by atoms with E-state index < -0.39 is 11.4 Å². The van der Waals surface area contributed by atoms with Gasteiger partial charge in [-0.25, -0.2) is 4.79 Å². The number of nitrogens with zero attached hydrogens (tertiary/aromatic N) is 1. The minimum atomic E-state index is -0.434. The first-order chi connectivity index (χ1) is 17.2. The van der Waals surface area contributed by atoms with Crippen LogP contribution in [-0.4, -0.2) is 47.5 Å². The van der Waals surface area contributed by atoms with E-state index in [2.05, 4.69) is 36.3 Å². The first-order valence-corrected chi connectivity index (χ1v) is 12.9. The van der Waals surface area contributed by atoms with Gasteiger partial charge < -0.3 is 19.9 Å². The summed E-state index contributed by atoms with van der Waals surface area (Å²) < 4.78 is 5.63. The van der Waals surface area contributed by atoms with Crippen molar-refractivity contribution >= 4 is 28.4 Å². The summed E-state index contributed by atoms with van der Waals surface area (Å²) in [7, 11) is 0. The Morgan fingerprint density at radius 2 is 1.81 bits per heavy atom. The Kier molecular flexibility index (Phi) is 6.47. The second-order valence-electron chi connectivity index (χ2n) is 10.9. The van der Waals surface area contributed by atoms with Crippen molar-refractivity contribution in [1.82, 2.24) is 15.2 Å². The molecule has 3 aromatic rings. The maximum Gasteiger partial charge on any atom is 0.342 e. The maximum absolute atomic E-state index is 13.9. The molecule has 6 nitrogen and oxygen atoms in total. The van der Waals surface area contributed by atoms with E-state index in [1.54, 1.807) is 11.1 Å². The summed E-state index contributed by atoms with van der Waals surface area (Å²) >= 11 is 0. The number of carbonyl (C=O) groups excluding carboxylic acids is 2. The highest BCUT2D eigenvalue weighted by atomic mass is 16.5. The van der Waals surface area contributed by atoms with Gasteiger partial charge in [0.1, 0.15) is 0 Å². The Balaban J connectivity index is 1.58. The fourth-order valence-electron chi connectivity index (χ4n) is 5.63. The summed E-state index contributed by atoms with van der Waals surface area (Å²) in [6.45, 7) is 10.4. The zero-order valence-electron chi connectivity index (χ0n) is 21.6. The average molecular weight is 486 g/mol. The molecule has 2 aliphatic heterocycles. The van der Waals surface area contributed by atoms with Gasteiger partial charge in [-0.1, -0.05) is 44.2 Å². The summed E-state index contributed by atoms with van der Waals surface area (Å²) in [6, 6.07) is 16.1. The van der Waals surface area contributed by atoms with Gasteiger partial charge in [-0.3, -0.25) is 4.79 Å². The number of esters is 1. The lowest BCUT2D eigenvalue weighted by atomic mass is 9.81. The third kappa shape index (κ3) is 4.58. The van der Waals surface area contributed by atoms with Crippen molar-refractivity contribution in [2.75, 3.05) is 19.6 Å². The lowest BCUT2D eigenvalue weighted by molar-refractivity contribution is -0.140. The number of hydrogen-bond donors (Lipinski definition) is 2. The molecule has 36 heavy (non-hydrogen) atoms. The lowest BCUT2D eigenvalue weighted by Crippen LogP contribution is -2.37. The number of piperidine rings is 1. The molecule has 1 aromatic heterocycles. The van der Waals surface area contributed by atoms with Gasteiger partial charge in [-0.2, -0.15) is 0 Å². The van der Waals surface area contributed by atoms with Gasteiger partial charge in [0.2, 0.25) is 0 Å². The molecule has 2 aromatic carbocycles. The quantitative estimate of drug-likeness (QED) is 0.488. The second kappa shape index (κ2) is 9.58. The Morgan fingerprint density at radius 3 is 2.56 bits per heavy atom. The van der Waals surface area contributed by atoms with Crippen LogP contribution in [0.15, 0.2) is 54.7 Å². The van der Waals surface area contributed by atoms with Crippen molar-refractivity contribution in [2.24, 2.45) is 0 Å². The second-order valence-corrected chi connectivity index (χ2v) is 10.9. The molecule has 1 fully saturated rings. The van der Waals surface area contributed by atoms with Gasteiger partial charge in [0.05, 0.1) is 17.4 Å². The van der Waals surface area contributed by atoms with Gasteiger partial charge in [0.15, 0.2) is 0 Å². The Labute approximate surface area is 212 Å². The molecule has 6 heteroatoms. The number of fused-ring (bicyclic) bond motifs is 3. The number of benzene rings is 2. The molecule has 2 aliphatic rings. The number of aromatic nitrogens is 1. The molecule has 188 valence electrons. The zero-order chi connectivity index (χ0) is 25.4. The minimum Gasteiger partial charge on any atom is -0.459 e. The van der Waals surface area contributed by atoms with Crippen LogP contribution in [0.25, 0.3) is 16.5 Å². The summed E-state index contributed by atoms with van der Waals surface area (Å²) in [6.07, 6.45) is 3.56. The largest absolute Gasteiger partial charge is 0.459 e. The van der Waals surface area contributed by atoms with Crippen molar-refractivity contribution in [2.45, 2.75) is 58.0 Å². The smallest absolute Gasteiger partial charge is 0.342 e. The molecule has 3 heterocycles. The number of hydrogen-bond acceptors (Lipinski definition) is 4. The van der Waals surface area contributed by atoms with E-state index in [0.717, 1.165) is 48.1 Å². The number of rotatable bonds is 4. The normalized spacial score (nSPS) is 18.0. The van der Waals surface area contributed by atoms with Gasteiger partial charge in [-0.05, 0) is 75.0 Å². The Morgan fingerprint density at radius 1 is 1.06 bits per heavy atom. The number of para-hydroxylation sites is 1. The van der Waals surface area contributed by atoms with E-state index in [9.17, 15) is 9.59 Å². The van der Waals surface area contributed by atoms with Gasteiger partial charge in [0.25, 0.3) is 5.91 Å². The molecule has 1 saturated heterocycles. The molecule has 5 rings (SSSR count). The Bertz CT molecular complexity index is 1330. The fraction of sp³-hybridized carbons (Fsp3) is 0.400. The van der Waals surface area contributed by atoms with E-state index >= 15 is 0 Å². The fourth-order valence-corrected chi connectivity index (χ4v) is 5.63. The number of nitrogens with one attached hydrogen (secondary N) is 2. The number of H-pyrrole nitrogens is 1. The molecule has 0 saturated carbocycles. The number of ether oxygens (including phenoxy) is 1. The van der Waals surface area contributed by atoms with Crippen LogP contribution in [0.5, 0.6) is 0 Å². The van der Waals surface area contributed by atoms with Crippen LogP contribution >= 0.6 is 0 Å². The zero-order valence-corrected chi connectivity index (χ0v) is 21.6. The summed E-state index contributed by atoms with van der Waals surface area (Å²) in [5.74, 6) is -0.0854. The molecule has 1 amide bonds. The van der Waals surface area contributed by atoms with Crippen LogP contribution in [0.3, 0.4) is 0 Å². The van der Waals surface area contributed by atoms with Crippen molar-refractivity contribution in [3.8, 4) is 0 Å². The van der Waals surface area contributed by atoms with E-state index in [1.807, 2.05) is 50.2 Å². The summed E-state index contributed by atoms with van der Waals surface area (Å²) in [4.78, 5) is 32.4. The third-order valence-corrected chi connectivity index (χ3v) is 7.27. The van der Waals surface area contributed by atoms with Crippen LogP contribution in [-0.2, 0) is 14.9 Å². The van der Waals surface area contributed by atoms with Crippen LogP contribution < -0.4 is 5.32 Å². The molecular formula is C30H35N3O3. The van der Waals surface area contributed by atoms with Crippen molar-refractivity contribution in [3.05, 3.63) is 77.1 Å². The highest BCUT2D eigenvalue weighted by Gasteiger charge is 2.37. The van der Waals surface area contributed by atoms with Crippen LogP contribution in [0.1, 0.15) is 73.6 Å². The van der Waals surface area contributed by atoms with Gasteiger partial charge in [0, 0.05) is 34.6 Å². The molecule has 0 aliphatic carbocycles. The monoisotopic (exact) mass is 485 g/mol. The summed E-state index contributed by atoms with van der Waals surface area (Å²) in [5, 5.41) is 4.47. The highest BCUT2D eigenvalue weighted by Crippen LogP contribution is 2.40. The number of aromatic amines is 1. The predicted molar refractivity (Wildman–Crippen MR) is 143 cm³/mol. The number of carbonyl (C=O) groups is 2. The first kappa shape index (κ1) is 24.3. The van der Waals surface area contributed by atoms with Crippen molar-refractivity contribution in [3.63, 3.8) is 0 Å². The van der Waals surface area contributed by atoms with Crippen LogP contribution in [0.2, 0.25) is 0 Å². The standard InChI is InChI=1S/C30H35N3O3/c1-19(2)36-29(35)24-17-33(18-30(3,4)26-23-10-5-6-11-25(23)32-27(24)26)28(34)22-9-7-8-21(16-22)20-12-14-31-15-13-20/h5-11,16-17,19-20,31-32H,12-15,18H2,1-4H3. The van der Waals surface area contributed by atoms with E-state index in [0.29, 0.717) is 23.6 Å². The van der Waals surface area contributed by atoms with Crippen molar-refractivity contribution in [1.29, 1.82) is 0 Å². The average Bonchev–Trinajstić information content (AvgIpc) is 3.21. The van der Waals surface area contributed by atoms with Gasteiger partial charge >= 0.3 is 5.97 Å². The molecule has 0 atom stereocenters. The molecule has 2 N–H and O–H groups in total. The van der Waals surface area contributed by atoms with Crippen LogP contribution in [0, 0.1) is 0 Å². The first-order valence-electron chi connectivity index (χ1n) is 12.9. The SMILES string of the molecule is CC(C)OC(=O)C1=CN(C(=O)c2cccc(C3CCNCC3)c2)CC(C)(C)c2c1[nH]c1ccccc21. The number of amides is 1. The highest BCUT2D eigenvalue weighted by molar-refractivity contribution is 6.18. The Hall–Kier alpha value is -3.38. The van der Waals surface area contributed by atoms with E-state index in [1.165, 1.54) is 5.56 Å². The summed E-state index contributed by atoms with van der Waals surface area (Å²) in [5.41, 5.74) is 4.54. The van der Waals surface area contributed by atoms with E-state index in [4.69, 9.17) is 4.74 Å². The van der Waals surface area contributed by atoms with Crippen molar-refractivity contribution < 1.29 is 14.3 Å². The third-order valence-electron chi connectivity index (χ3n) is 7.27. The molecule has 0 spiro atoms. The predicted octanol–water partition coefficient (Wildman–Crippen LogP) is 5.36.